The van der Waals surface area contributed by atoms with Crippen molar-refractivity contribution in [1.29, 1.82) is 0 Å². The van der Waals surface area contributed by atoms with Crippen molar-refractivity contribution in [1.82, 2.24) is 5.32 Å². The van der Waals surface area contributed by atoms with E-state index in [4.69, 9.17) is 14.2 Å². The minimum absolute atomic E-state index is 0.0637. The average molecular weight is 429 g/mol. The highest BCUT2D eigenvalue weighted by Gasteiger charge is 2.28. The number of alkyl carbamates (subject to hydrolysis) is 1. The molecule has 1 amide bonds. The lowest BCUT2D eigenvalue weighted by Gasteiger charge is -2.32. The van der Waals surface area contributed by atoms with Crippen LogP contribution >= 0.6 is 22.6 Å². The molecule has 6 heteroatoms. The van der Waals surface area contributed by atoms with E-state index in [0.717, 1.165) is 10.8 Å². The Balaban J connectivity index is 4.43. The van der Waals surface area contributed by atoms with Crippen LogP contribution in [0.2, 0.25) is 0 Å². The fourth-order valence-corrected chi connectivity index (χ4v) is 2.21. The molecule has 5 nitrogen and oxygen atoms in total. The van der Waals surface area contributed by atoms with Gasteiger partial charge in [-0.1, -0.05) is 42.9 Å². The maximum Gasteiger partial charge on any atom is 0.407 e. The maximum atomic E-state index is 11.8. The SMILES string of the molecule is CCC(C)C(COC(C)(CI)CNC(=O)OC(C)(C)C)OC. The standard InChI is InChI=1S/C16H32INO4/c1-8-12(2)13(20-7)9-21-16(6,10-17)11-18-14(19)22-15(3,4)5/h12-13H,8-11H2,1-7H3,(H,18,19). The van der Waals surface area contributed by atoms with Crippen LogP contribution in [0.1, 0.15) is 48.0 Å². The monoisotopic (exact) mass is 429 g/mol. The third-order valence-corrected chi connectivity index (χ3v) is 5.08. The van der Waals surface area contributed by atoms with Gasteiger partial charge in [-0.05, 0) is 33.6 Å². The van der Waals surface area contributed by atoms with Crippen LogP contribution in [0, 0.1) is 5.92 Å². The molecule has 0 aromatic rings. The highest BCUT2D eigenvalue weighted by Crippen LogP contribution is 2.18. The summed E-state index contributed by atoms with van der Waals surface area (Å²) >= 11 is 2.27. The van der Waals surface area contributed by atoms with Gasteiger partial charge in [0, 0.05) is 11.5 Å². The summed E-state index contributed by atoms with van der Waals surface area (Å²) in [5, 5.41) is 2.78. The summed E-state index contributed by atoms with van der Waals surface area (Å²) in [6.07, 6.45) is 0.685. The van der Waals surface area contributed by atoms with E-state index in [2.05, 4.69) is 41.8 Å². The third-order valence-electron chi connectivity index (χ3n) is 3.47. The van der Waals surface area contributed by atoms with Crippen LogP contribution < -0.4 is 5.32 Å². The fraction of sp³-hybridized carbons (Fsp3) is 0.938. The lowest BCUT2D eigenvalue weighted by atomic mass is 10.0. The van der Waals surface area contributed by atoms with Crippen molar-refractivity contribution in [3.05, 3.63) is 0 Å². The van der Waals surface area contributed by atoms with Gasteiger partial charge in [0.15, 0.2) is 0 Å². The molecule has 22 heavy (non-hydrogen) atoms. The van der Waals surface area contributed by atoms with Crippen molar-refractivity contribution in [3.8, 4) is 0 Å². The van der Waals surface area contributed by atoms with Gasteiger partial charge in [-0.2, -0.15) is 0 Å². The molecule has 0 fully saturated rings. The molecule has 0 aliphatic rings. The molecule has 3 unspecified atom stereocenters. The molecule has 0 heterocycles. The lowest BCUT2D eigenvalue weighted by molar-refractivity contribution is -0.0799. The molecule has 0 bridgehead atoms. The number of nitrogens with one attached hydrogen (secondary N) is 1. The quantitative estimate of drug-likeness (QED) is 0.448. The minimum atomic E-state index is -0.497. The third kappa shape index (κ3) is 9.15. The first-order valence-corrected chi connectivity index (χ1v) is 9.29. The molecule has 0 rings (SSSR count). The van der Waals surface area contributed by atoms with Crippen molar-refractivity contribution in [2.45, 2.75) is 65.3 Å². The first kappa shape index (κ1) is 21.9. The van der Waals surface area contributed by atoms with Crippen LogP contribution in [-0.4, -0.2) is 48.1 Å². The van der Waals surface area contributed by atoms with Crippen LogP contribution in [0.15, 0.2) is 0 Å². The molecular formula is C16H32INO4. The van der Waals surface area contributed by atoms with E-state index in [1.165, 1.54) is 0 Å². The Hall–Kier alpha value is -0.0800. The van der Waals surface area contributed by atoms with Crippen LogP contribution in [-0.2, 0) is 14.2 Å². The van der Waals surface area contributed by atoms with Crippen molar-refractivity contribution in [2.24, 2.45) is 5.92 Å². The summed E-state index contributed by atoms with van der Waals surface area (Å²) in [4.78, 5) is 11.8. The second-order valence-corrected chi connectivity index (χ2v) is 7.67. The van der Waals surface area contributed by atoms with Crippen LogP contribution in [0.25, 0.3) is 0 Å². The molecule has 0 saturated heterocycles. The molecule has 132 valence electrons. The average Bonchev–Trinajstić information content (AvgIpc) is 2.43. The van der Waals surface area contributed by atoms with Gasteiger partial charge < -0.3 is 19.5 Å². The second-order valence-electron chi connectivity index (χ2n) is 6.91. The van der Waals surface area contributed by atoms with Gasteiger partial charge in [-0.15, -0.1) is 0 Å². The second kappa shape index (κ2) is 9.93. The zero-order chi connectivity index (χ0) is 17.4. The van der Waals surface area contributed by atoms with Gasteiger partial charge in [0.05, 0.1) is 24.9 Å². The van der Waals surface area contributed by atoms with E-state index < -0.39 is 17.3 Å². The van der Waals surface area contributed by atoms with Gasteiger partial charge >= 0.3 is 6.09 Å². The number of hydrogen-bond acceptors (Lipinski definition) is 4. The highest BCUT2D eigenvalue weighted by atomic mass is 127. The van der Waals surface area contributed by atoms with Crippen molar-refractivity contribution < 1.29 is 19.0 Å². The van der Waals surface area contributed by atoms with E-state index >= 15 is 0 Å². The number of alkyl halides is 1. The topological polar surface area (TPSA) is 56.8 Å². The van der Waals surface area contributed by atoms with Gasteiger partial charge in [-0.3, -0.25) is 0 Å². The minimum Gasteiger partial charge on any atom is -0.444 e. The number of carbonyl (C=O) groups excluding carboxylic acids is 1. The zero-order valence-corrected chi connectivity index (χ0v) is 17.2. The Morgan fingerprint density at radius 1 is 1.27 bits per heavy atom. The smallest absolute Gasteiger partial charge is 0.407 e. The Bertz CT molecular complexity index is 333. The molecule has 1 N–H and O–H groups in total. The summed E-state index contributed by atoms with van der Waals surface area (Å²) in [6, 6.07) is 0. The summed E-state index contributed by atoms with van der Waals surface area (Å²) in [5.74, 6) is 0.433. The predicted molar refractivity (Wildman–Crippen MR) is 97.7 cm³/mol. The van der Waals surface area contributed by atoms with Gasteiger partial charge in [0.1, 0.15) is 5.60 Å². The molecule has 0 aliphatic heterocycles. The number of rotatable bonds is 9. The molecule has 0 spiro atoms. The first-order valence-electron chi connectivity index (χ1n) is 7.76. The molecule has 0 saturated carbocycles. The highest BCUT2D eigenvalue weighted by molar-refractivity contribution is 14.1. The molecule has 3 atom stereocenters. The van der Waals surface area contributed by atoms with Crippen molar-refractivity contribution in [2.75, 3.05) is 24.7 Å². The number of carbonyl (C=O) groups is 1. The van der Waals surface area contributed by atoms with E-state index in [-0.39, 0.29) is 6.10 Å². The van der Waals surface area contributed by atoms with E-state index in [9.17, 15) is 4.79 Å². The number of methoxy groups -OCH3 is 1. The molecule has 0 aromatic carbocycles. The fourth-order valence-electron chi connectivity index (χ4n) is 1.72. The molecule has 0 radical (unpaired) electrons. The van der Waals surface area contributed by atoms with Gasteiger partial charge in [-0.25, -0.2) is 4.79 Å². The number of hydrogen-bond donors (Lipinski definition) is 1. The van der Waals surface area contributed by atoms with E-state index in [1.807, 2.05) is 27.7 Å². The zero-order valence-electron chi connectivity index (χ0n) is 15.0. The summed E-state index contributed by atoms with van der Waals surface area (Å²) < 4.78 is 17.5. The maximum absolute atomic E-state index is 11.8. The lowest BCUT2D eigenvalue weighted by Crippen LogP contribution is -2.47. The van der Waals surface area contributed by atoms with Gasteiger partial charge in [0.25, 0.3) is 0 Å². The summed E-state index contributed by atoms with van der Waals surface area (Å²) in [6.45, 7) is 12.7. The predicted octanol–water partition coefficient (Wildman–Crippen LogP) is 3.78. The number of amides is 1. The number of ether oxygens (including phenoxy) is 3. The first-order chi connectivity index (χ1) is 10.1. The van der Waals surface area contributed by atoms with Gasteiger partial charge in [0.2, 0.25) is 0 Å². The molecule has 0 aliphatic carbocycles. The van der Waals surface area contributed by atoms with Crippen molar-refractivity contribution in [3.63, 3.8) is 0 Å². The summed E-state index contributed by atoms with van der Waals surface area (Å²) in [5.41, 5.74) is -0.939. The number of halogens is 1. The van der Waals surface area contributed by atoms with Crippen LogP contribution in [0.5, 0.6) is 0 Å². The normalized spacial score (nSPS) is 17.5. The Kier molecular flexibility index (Phi) is 9.89. The summed E-state index contributed by atoms with van der Waals surface area (Å²) in [7, 11) is 1.71. The Morgan fingerprint density at radius 3 is 2.27 bits per heavy atom. The largest absolute Gasteiger partial charge is 0.444 e. The molecular weight excluding hydrogens is 397 g/mol. The Labute approximate surface area is 149 Å². The molecule has 0 aromatic heterocycles. The van der Waals surface area contributed by atoms with E-state index in [0.29, 0.717) is 19.1 Å². The van der Waals surface area contributed by atoms with E-state index in [1.54, 1.807) is 7.11 Å². The van der Waals surface area contributed by atoms with Crippen molar-refractivity contribution >= 4 is 28.7 Å². The Morgan fingerprint density at radius 2 is 1.86 bits per heavy atom. The van der Waals surface area contributed by atoms with Crippen LogP contribution in [0.3, 0.4) is 0 Å². The van der Waals surface area contributed by atoms with Crippen LogP contribution in [0.4, 0.5) is 4.79 Å².